The molecule has 1 aromatic heterocycles. The highest BCUT2D eigenvalue weighted by Crippen LogP contribution is 2.05. The lowest BCUT2D eigenvalue weighted by Crippen LogP contribution is -2.15. The standard InChI is InChI=1S/C17H19B.C7H9N3/c1-14-9-11-16(12-10-14)7-5-13-18-17-8-4-3-6-15(17)2;1-7(4-8)5-10-3-2-9-6-10/h3-12,18H,13H2,1-2H3;2-3,6-7H,5H2,1H3. The fourth-order valence-corrected chi connectivity index (χ4v) is 2.78. The van der Waals surface area contributed by atoms with Gasteiger partial charge in [-0.1, -0.05) is 83.6 Å². The molecule has 1 atom stereocenters. The van der Waals surface area contributed by atoms with Crippen LogP contribution in [-0.4, -0.2) is 16.8 Å². The van der Waals surface area contributed by atoms with Crippen molar-refractivity contribution >= 4 is 18.8 Å². The number of aromatic nitrogens is 2. The Morgan fingerprint density at radius 1 is 1.14 bits per heavy atom. The minimum absolute atomic E-state index is 0.0641. The summed E-state index contributed by atoms with van der Waals surface area (Å²) in [5.41, 5.74) is 5.43. The van der Waals surface area contributed by atoms with Gasteiger partial charge in [-0.25, -0.2) is 4.98 Å². The van der Waals surface area contributed by atoms with Crippen molar-refractivity contribution in [2.24, 2.45) is 5.92 Å². The van der Waals surface area contributed by atoms with Crippen LogP contribution in [0.1, 0.15) is 23.6 Å². The second-order valence-electron chi connectivity index (χ2n) is 7.07. The Balaban J connectivity index is 0.000000237. The number of allylic oxidation sites excluding steroid dienone is 1. The smallest absolute Gasteiger partial charge is 0.161 e. The summed E-state index contributed by atoms with van der Waals surface area (Å²) in [6, 6.07) is 19.4. The lowest BCUT2D eigenvalue weighted by atomic mass is 9.65. The number of imidazole rings is 1. The summed E-state index contributed by atoms with van der Waals surface area (Å²) in [6.45, 7) is 6.92. The first-order valence-corrected chi connectivity index (χ1v) is 9.71. The molecule has 0 spiro atoms. The molecule has 0 fully saturated rings. The van der Waals surface area contributed by atoms with Crippen molar-refractivity contribution in [2.45, 2.75) is 33.6 Å². The highest BCUT2D eigenvalue weighted by Gasteiger charge is 1.98. The van der Waals surface area contributed by atoms with Crippen LogP contribution in [0.4, 0.5) is 0 Å². The third-order valence-corrected chi connectivity index (χ3v) is 4.49. The molecule has 3 rings (SSSR count). The maximum absolute atomic E-state index is 8.45. The molecule has 142 valence electrons. The van der Waals surface area contributed by atoms with Gasteiger partial charge in [0.2, 0.25) is 0 Å². The van der Waals surface area contributed by atoms with Gasteiger partial charge in [-0.05, 0) is 26.3 Å². The third kappa shape index (κ3) is 7.67. The van der Waals surface area contributed by atoms with Crippen LogP contribution in [0.2, 0.25) is 6.32 Å². The second-order valence-corrected chi connectivity index (χ2v) is 7.07. The highest BCUT2D eigenvalue weighted by atomic mass is 15.0. The molecule has 0 radical (unpaired) electrons. The molecule has 0 saturated carbocycles. The summed E-state index contributed by atoms with van der Waals surface area (Å²) in [5, 5.41) is 8.45. The van der Waals surface area contributed by atoms with Crippen LogP contribution in [0.25, 0.3) is 6.08 Å². The predicted molar refractivity (Wildman–Crippen MR) is 120 cm³/mol. The van der Waals surface area contributed by atoms with Gasteiger partial charge >= 0.3 is 0 Å². The second kappa shape index (κ2) is 11.6. The Morgan fingerprint density at radius 2 is 1.89 bits per heavy atom. The number of benzene rings is 2. The van der Waals surface area contributed by atoms with Crippen LogP contribution in [-0.2, 0) is 6.54 Å². The van der Waals surface area contributed by atoms with Crippen molar-refractivity contribution in [1.29, 1.82) is 5.26 Å². The van der Waals surface area contributed by atoms with Crippen LogP contribution in [0.5, 0.6) is 0 Å². The summed E-state index contributed by atoms with van der Waals surface area (Å²) >= 11 is 0. The normalized spacial score (nSPS) is 11.4. The molecular weight excluding hydrogens is 341 g/mol. The minimum Gasteiger partial charge on any atom is -0.336 e. The van der Waals surface area contributed by atoms with E-state index in [-0.39, 0.29) is 5.92 Å². The molecule has 4 heteroatoms. The van der Waals surface area contributed by atoms with Crippen LogP contribution in [0, 0.1) is 31.1 Å². The predicted octanol–water partition coefficient (Wildman–Crippen LogP) is 4.54. The summed E-state index contributed by atoms with van der Waals surface area (Å²) in [6.07, 6.45) is 10.8. The molecular formula is C24H28BN3. The maximum atomic E-state index is 8.45. The van der Waals surface area contributed by atoms with E-state index in [1.54, 1.807) is 12.5 Å². The van der Waals surface area contributed by atoms with E-state index >= 15 is 0 Å². The Bertz CT molecular complexity index is 890. The van der Waals surface area contributed by atoms with Gasteiger partial charge < -0.3 is 4.57 Å². The van der Waals surface area contributed by atoms with E-state index in [1.165, 1.54) is 22.2 Å². The summed E-state index contributed by atoms with van der Waals surface area (Å²) in [4.78, 5) is 3.86. The van der Waals surface area contributed by atoms with Crippen molar-refractivity contribution < 1.29 is 0 Å². The Hall–Kier alpha value is -3.06. The summed E-state index contributed by atoms with van der Waals surface area (Å²) < 4.78 is 1.90. The molecule has 28 heavy (non-hydrogen) atoms. The largest absolute Gasteiger partial charge is 0.336 e. The molecule has 0 N–H and O–H groups in total. The molecule has 1 unspecified atom stereocenters. The molecule has 2 aromatic carbocycles. The number of hydrogen-bond donors (Lipinski definition) is 0. The Labute approximate surface area is 169 Å². The number of hydrogen-bond acceptors (Lipinski definition) is 2. The van der Waals surface area contributed by atoms with Crippen molar-refractivity contribution in [3.8, 4) is 6.07 Å². The van der Waals surface area contributed by atoms with E-state index in [2.05, 4.69) is 85.6 Å². The van der Waals surface area contributed by atoms with E-state index in [0.717, 1.165) is 20.1 Å². The van der Waals surface area contributed by atoms with Gasteiger partial charge in [0.1, 0.15) is 0 Å². The summed E-state index contributed by atoms with van der Waals surface area (Å²) in [7, 11) is 1.12. The fraction of sp³-hybridized carbons (Fsp3) is 0.250. The molecule has 3 aromatic rings. The molecule has 0 bridgehead atoms. The first-order chi connectivity index (χ1) is 13.6. The Kier molecular flexibility index (Phi) is 8.81. The van der Waals surface area contributed by atoms with Gasteiger partial charge in [0, 0.05) is 18.9 Å². The minimum atomic E-state index is 0.0641. The van der Waals surface area contributed by atoms with Crippen molar-refractivity contribution in [1.82, 2.24) is 9.55 Å². The third-order valence-electron chi connectivity index (χ3n) is 4.49. The molecule has 1 heterocycles. The SMILES string of the molecule is CC(C#N)Cn1ccnc1.Cc1ccc(C=CCBc2ccccc2C)cc1. The molecule has 0 saturated heterocycles. The van der Waals surface area contributed by atoms with Crippen LogP contribution >= 0.6 is 0 Å². The molecule has 0 aliphatic rings. The number of aryl methyl sites for hydroxylation is 2. The van der Waals surface area contributed by atoms with Gasteiger partial charge in [0.15, 0.2) is 7.28 Å². The van der Waals surface area contributed by atoms with E-state index in [0.29, 0.717) is 0 Å². The van der Waals surface area contributed by atoms with E-state index in [1.807, 2.05) is 17.7 Å². The first kappa shape index (κ1) is 21.2. The molecule has 0 amide bonds. The Morgan fingerprint density at radius 3 is 2.54 bits per heavy atom. The zero-order valence-corrected chi connectivity index (χ0v) is 17.0. The zero-order chi connectivity index (χ0) is 20.2. The number of rotatable bonds is 6. The average molecular weight is 369 g/mol. The van der Waals surface area contributed by atoms with Crippen molar-refractivity contribution in [3.05, 3.63) is 90.0 Å². The summed E-state index contributed by atoms with van der Waals surface area (Å²) in [5.74, 6) is 0.0641. The fourth-order valence-electron chi connectivity index (χ4n) is 2.78. The van der Waals surface area contributed by atoms with Crippen molar-refractivity contribution in [2.75, 3.05) is 0 Å². The topological polar surface area (TPSA) is 41.6 Å². The van der Waals surface area contributed by atoms with Crippen LogP contribution in [0.3, 0.4) is 0 Å². The van der Waals surface area contributed by atoms with E-state index < -0.39 is 0 Å². The van der Waals surface area contributed by atoms with Gasteiger partial charge in [-0.15, -0.1) is 0 Å². The van der Waals surface area contributed by atoms with E-state index in [9.17, 15) is 0 Å². The lowest BCUT2D eigenvalue weighted by molar-refractivity contribution is 0.580. The molecule has 0 aliphatic carbocycles. The van der Waals surface area contributed by atoms with Gasteiger partial charge in [-0.2, -0.15) is 5.26 Å². The molecule has 3 nitrogen and oxygen atoms in total. The number of nitrogens with zero attached hydrogens (tertiary/aromatic N) is 3. The quantitative estimate of drug-likeness (QED) is 0.599. The molecule has 0 aliphatic heterocycles. The monoisotopic (exact) mass is 369 g/mol. The highest BCUT2D eigenvalue weighted by molar-refractivity contribution is 6.54. The van der Waals surface area contributed by atoms with Gasteiger partial charge in [-0.3, -0.25) is 0 Å². The average Bonchev–Trinajstić information content (AvgIpc) is 3.21. The van der Waals surface area contributed by atoms with E-state index in [4.69, 9.17) is 5.26 Å². The maximum Gasteiger partial charge on any atom is 0.161 e. The number of nitriles is 1. The van der Waals surface area contributed by atoms with Crippen LogP contribution in [0.15, 0.2) is 73.3 Å². The lowest BCUT2D eigenvalue weighted by Gasteiger charge is -2.01. The van der Waals surface area contributed by atoms with Crippen molar-refractivity contribution in [3.63, 3.8) is 0 Å². The van der Waals surface area contributed by atoms with Gasteiger partial charge in [0.05, 0.1) is 18.3 Å². The first-order valence-electron chi connectivity index (χ1n) is 9.71. The van der Waals surface area contributed by atoms with Gasteiger partial charge in [0.25, 0.3) is 0 Å². The zero-order valence-electron chi connectivity index (χ0n) is 17.0. The van der Waals surface area contributed by atoms with Crippen LogP contribution < -0.4 is 5.46 Å².